The first-order chi connectivity index (χ1) is 17.7. The van der Waals surface area contributed by atoms with Gasteiger partial charge in [0, 0.05) is 0 Å². The lowest BCUT2D eigenvalue weighted by Gasteiger charge is -2.31. The molecule has 2 fully saturated rings. The second-order valence-electron chi connectivity index (χ2n) is 10.7. The van der Waals surface area contributed by atoms with Gasteiger partial charge in [-0.2, -0.15) is 0 Å². The summed E-state index contributed by atoms with van der Waals surface area (Å²) in [4.78, 5) is 13.2. The molecular weight excluding hydrogens is 444 g/mol. The van der Waals surface area contributed by atoms with Crippen molar-refractivity contribution in [1.29, 1.82) is 0 Å². The van der Waals surface area contributed by atoms with Crippen LogP contribution in [0.1, 0.15) is 72.9 Å². The van der Waals surface area contributed by atoms with E-state index in [-0.39, 0.29) is 18.2 Å². The Morgan fingerprint density at radius 1 is 0.639 bits per heavy atom. The molecule has 0 N–H and O–H groups in total. The first kappa shape index (κ1) is 24.6. The van der Waals surface area contributed by atoms with E-state index in [4.69, 9.17) is 9.47 Å². The van der Waals surface area contributed by atoms with E-state index >= 15 is 0 Å². The third-order valence-electron chi connectivity index (χ3n) is 7.88. The highest BCUT2D eigenvalue weighted by Crippen LogP contribution is 2.33. The standard InChI is InChI=1S/C33H38O3/c34-33(36-30-18-10-16-28(24-30)22-26-13-5-2-6-14-26)31-19-7-8-20-32(31)35-29-17-9-15-27(23-29)21-25-11-3-1-4-12-25/h1-8,11-14,19-20,27-30H,9-10,15-18,21-24H2. The number of carbonyl (C=O) groups excluding carboxylic acids is 1. The Hall–Kier alpha value is -3.07. The Bertz CT molecular complexity index is 1090. The van der Waals surface area contributed by atoms with Crippen molar-refractivity contribution >= 4 is 5.97 Å². The number of ether oxygens (including phenoxy) is 2. The van der Waals surface area contributed by atoms with Crippen molar-refractivity contribution in [3.63, 3.8) is 0 Å². The largest absolute Gasteiger partial charge is 0.490 e. The zero-order chi connectivity index (χ0) is 24.6. The molecule has 2 saturated carbocycles. The quantitative estimate of drug-likeness (QED) is 0.307. The summed E-state index contributed by atoms with van der Waals surface area (Å²) in [5, 5.41) is 0. The van der Waals surface area contributed by atoms with Crippen LogP contribution in [-0.4, -0.2) is 18.2 Å². The van der Waals surface area contributed by atoms with Crippen LogP contribution in [-0.2, 0) is 17.6 Å². The van der Waals surface area contributed by atoms with E-state index in [0.29, 0.717) is 23.1 Å². The van der Waals surface area contributed by atoms with Gasteiger partial charge in [0.05, 0.1) is 6.10 Å². The summed E-state index contributed by atoms with van der Waals surface area (Å²) < 4.78 is 12.5. The minimum atomic E-state index is -0.243. The van der Waals surface area contributed by atoms with Gasteiger partial charge in [0.15, 0.2) is 0 Å². The number of rotatable bonds is 8. The van der Waals surface area contributed by atoms with Gasteiger partial charge in [-0.3, -0.25) is 0 Å². The molecule has 36 heavy (non-hydrogen) atoms. The number of esters is 1. The molecule has 4 atom stereocenters. The molecule has 5 rings (SSSR count). The number of hydrogen-bond donors (Lipinski definition) is 0. The van der Waals surface area contributed by atoms with E-state index in [9.17, 15) is 4.79 Å². The molecule has 3 aromatic rings. The van der Waals surface area contributed by atoms with Crippen LogP contribution in [0, 0.1) is 11.8 Å². The Morgan fingerprint density at radius 2 is 1.17 bits per heavy atom. The van der Waals surface area contributed by atoms with E-state index < -0.39 is 0 Å². The van der Waals surface area contributed by atoms with Crippen molar-refractivity contribution in [3.8, 4) is 5.75 Å². The van der Waals surface area contributed by atoms with Crippen molar-refractivity contribution in [2.75, 3.05) is 0 Å². The van der Waals surface area contributed by atoms with Crippen LogP contribution >= 0.6 is 0 Å². The first-order valence-electron chi connectivity index (χ1n) is 13.8. The van der Waals surface area contributed by atoms with Crippen molar-refractivity contribution in [2.24, 2.45) is 11.8 Å². The Balaban J connectivity index is 1.18. The average molecular weight is 483 g/mol. The number of benzene rings is 3. The Labute approximate surface area is 215 Å². The maximum Gasteiger partial charge on any atom is 0.342 e. The van der Waals surface area contributed by atoms with Crippen LogP contribution in [0.15, 0.2) is 84.9 Å². The van der Waals surface area contributed by atoms with Crippen molar-refractivity contribution < 1.29 is 14.3 Å². The Morgan fingerprint density at radius 3 is 1.81 bits per heavy atom. The van der Waals surface area contributed by atoms with Crippen LogP contribution < -0.4 is 4.74 Å². The molecule has 2 aliphatic rings. The summed E-state index contributed by atoms with van der Waals surface area (Å²) in [6.45, 7) is 0. The van der Waals surface area contributed by atoms with Crippen molar-refractivity contribution in [3.05, 3.63) is 102 Å². The smallest absolute Gasteiger partial charge is 0.342 e. The summed E-state index contributed by atoms with van der Waals surface area (Å²) in [6, 6.07) is 29.0. The molecule has 3 aromatic carbocycles. The minimum absolute atomic E-state index is 0.0158. The molecule has 0 aliphatic heterocycles. The van der Waals surface area contributed by atoms with Gasteiger partial charge in [0.2, 0.25) is 0 Å². The molecule has 0 bridgehead atoms. The normalized spacial score (nSPS) is 24.1. The number of hydrogen-bond acceptors (Lipinski definition) is 3. The van der Waals surface area contributed by atoms with Crippen LogP contribution in [0.4, 0.5) is 0 Å². The number of carbonyl (C=O) groups is 1. The third kappa shape index (κ3) is 6.78. The summed E-state index contributed by atoms with van der Waals surface area (Å²) in [6.07, 6.45) is 11.0. The monoisotopic (exact) mass is 482 g/mol. The molecule has 4 unspecified atom stereocenters. The van der Waals surface area contributed by atoms with Crippen LogP contribution in [0.3, 0.4) is 0 Å². The fourth-order valence-electron chi connectivity index (χ4n) is 6.10. The van der Waals surface area contributed by atoms with E-state index in [1.807, 2.05) is 24.3 Å². The molecular formula is C33H38O3. The molecule has 0 spiro atoms. The molecule has 0 radical (unpaired) electrons. The highest BCUT2D eigenvalue weighted by atomic mass is 16.5. The lowest BCUT2D eigenvalue weighted by Crippen LogP contribution is -2.28. The predicted molar refractivity (Wildman–Crippen MR) is 144 cm³/mol. The van der Waals surface area contributed by atoms with Gasteiger partial charge in [-0.25, -0.2) is 4.79 Å². The minimum Gasteiger partial charge on any atom is -0.490 e. The van der Waals surface area contributed by atoms with Crippen LogP contribution in [0.5, 0.6) is 5.75 Å². The second kappa shape index (κ2) is 12.3. The average Bonchev–Trinajstić information content (AvgIpc) is 2.91. The molecule has 3 heteroatoms. The molecule has 0 amide bonds. The Kier molecular flexibility index (Phi) is 8.38. The summed E-state index contributed by atoms with van der Waals surface area (Å²) in [5.74, 6) is 1.61. The molecule has 0 heterocycles. The highest BCUT2D eigenvalue weighted by molar-refractivity contribution is 5.92. The first-order valence-corrected chi connectivity index (χ1v) is 13.8. The van der Waals surface area contributed by atoms with Gasteiger partial charge < -0.3 is 9.47 Å². The van der Waals surface area contributed by atoms with E-state index in [2.05, 4.69) is 60.7 Å². The molecule has 3 nitrogen and oxygen atoms in total. The molecule has 188 valence electrons. The highest BCUT2D eigenvalue weighted by Gasteiger charge is 2.28. The zero-order valence-electron chi connectivity index (χ0n) is 21.2. The number of para-hydroxylation sites is 1. The molecule has 0 saturated heterocycles. The van der Waals surface area contributed by atoms with E-state index in [0.717, 1.165) is 44.9 Å². The van der Waals surface area contributed by atoms with Crippen molar-refractivity contribution in [1.82, 2.24) is 0 Å². The predicted octanol–water partition coefficient (Wildman–Crippen LogP) is 7.83. The molecule has 2 aliphatic carbocycles. The zero-order valence-corrected chi connectivity index (χ0v) is 21.2. The summed E-state index contributed by atoms with van der Waals surface area (Å²) in [5.41, 5.74) is 3.32. The van der Waals surface area contributed by atoms with Crippen LogP contribution in [0.2, 0.25) is 0 Å². The summed E-state index contributed by atoms with van der Waals surface area (Å²) >= 11 is 0. The van der Waals surface area contributed by atoms with Gasteiger partial charge in [0.1, 0.15) is 17.4 Å². The van der Waals surface area contributed by atoms with Gasteiger partial charge in [-0.05, 0) is 99.3 Å². The fourth-order valence-corrected chi connectivity index (χ4v) is 6.10. The third-order valence-corrected chi connectivity index (χ3v) is 7.88. The van der Waals surface area contributed by atoms with Crippen molar-refractivity contribution in [2.45, 2.75) is 76.4 Å². The van der Waals surface area contributed by atoms with E-state index in [1.165, 1.54) is 30.4 Å². The van der Waals surface area contributed by atoms with Crippen LogP contribution in [0.25, 0.3) is 0 Å². The van der Waals surface area contributed by atoms with Gasteiger partial charge in [0.25, 0.3) is 0 Å². The lowest BCUT2D eigenvalue weighted by atomic mass is 9.83. The van der Waals surface area contributed by atoms with Gasteiger partial charge in [-0.15, -0.1) is 0 Å². The lowest BCUT2D eigenvalue weighted by molar-refractivity contribution is 0.0135. The maximum atomic E-state index is 13.2. The molecule has 0 aromatic heterocycles. The second-order valence-corrected chi connectivity index (χ2v) is 10.7. The van der Waals surface area contributed by atoms with E-state index in [1.54, 1.807) is 0 Å². The fraction of sp³-hybridized carbons (Fsp3) is 0.424. The topological polar surface area (TPSA) is 35.5 Å². The SMILES string of the molecule is O=C(OC1CCCC(Cc2ccccc2)C1)c1ccccc1OC1CCCC(Cc2ccccc2)C1. The van der Waals surface area contributed by atoms with Gasteiger partial charge >= 0.3 is 5.97 Å². The summed E-state index contributed by atoms with van der Waals surface area (Å²) in [7, 11) is 0. The maximum absolute atomic E-state index is 13.2. The van der Waals surface area contributed by atoms with Gasteiger partial charge in [-0.1, -0.05) is 72.8 Å².